The molecule has 0 saturated carbocycles. The lowest BCUT2D eigenvalue weighted by Gasteiger charge is -2.22. The lowest BCUT2D eigenvalue weighted by molar-refractivity contribution is -0.475. The van der Waals surface area contributed by atoms with E-state index in [1.165, 1.54) is 16.7 Å². The van der Waals surface area contributed by atoms with E-state index in [1.54, 1.807) is 0 Å². The van der Waals surface area contributed by atoms with Crippen LogP contribution in [0.3, 0.4) is 0 Å². The first kappa shape index (κ1) is 20.4. The van der Waals surface area contributed by atoms with Gasteiger partial charge in [-0.3, -0.25) is 0 Å². The number of rotatable bonds is 8. The summed E-state index contributed by atoms with van der Waals surface area (Å²) in [5, 5.41) is 0. The quantitative estimate of drug-likeness (QED) is 0.487. The van der Waals surface area contributed by atoms with E-state index >= 15 is 0 Å². The van der Waals surface area contributed by atoms with Crippen LogP contribution in [-0.4, -0.2) is 5.54 Å². The van der Waals surface area contributed by atoms with Crippen molar-refractivity contribution in [3.63, 3.8) is 0 Å². The highest BCUT2D eigenvalue weighted by molar-refractivity contribution is 5.79. The topological polar surface area (TPSA) is 27.6 Å². The van der Waals surface area contributed by atoms with Crippen molar-refractivity contribution < 1.29 is 29.7 Å². The molecule has 0 radical (unpaired) electrons. The van der Waals surface area contributed by atoms with Gasteiger partial charge in [0.25, 0.3) is 0 Å². The smallest absolute Gasteiger partial charge is 0.105 e. The van der Waals surface area contributed by atoms with Crippen LogP contribution in [-0.2, 0) is 0 Å². The maximum absolute atomic E-state index is 4.42. The molecule has 0 aromatic heterocycles. The van der Waals surface area contributed by atoms with Gasteiger partial charge in [0.05, 0.1) is 0 Å². The molecule has 0 saturated heterocycles. The summed E-state index contributed by atoms with van der Waals surface area (Å²) in [6.45, 7) is 7.75. The van der Waals surface area contributed by atoms with Crippen LogP contribution < -0.4 is 29.7 Å². The third kappa shape index (κ3) is 5.77. The van der Waals surface area contributed by atoms with Gasteiger partial charge in [0.15, 0.2) is 0 Å². The lowest BCUT2D eigenvalue weighted by Crippen LogP contribution is -3.00. The summed E-state index contributed by atoms with van der Waals surface area (Å²) in [6.07, 6.45) is 8.87. The van der Waals surface area contributed by atoms with Crippen molar-refractivity contribution in [3.05, 3.63) is 103 Å². The van der Waals surface area contributed by atoms with Gasteiger partial charge < -0.3 is 29.7 Å². The molecule has 24 heavy (non-hydrogen) atoms. The first-order chi connectivity index (χ1) is 11.2. The van der Waals surface area contributed by atoms with Gasteiger partial charge in [-0.05, 0) is 16.7 Å². The average molecular weight is 431 g/mol. The van der Waals surface area contributed by atoms with Crippen LogP contribution in [0, 0.1) is 0 Å². The minimum atomic E-state index is -0.0711. The number of hydrogen-bond donors (Lipinski definition) is 1. The summed E-state index contributed by atoms with van der Waals surface area (Å²) in [4.78, 5) is 0. The predicted octanol–water partition coefficient (Wildman–Crippen LogP) is 1.65. The Labute approximate surface area is 163 Å². The van der Waals surface area contributed by atoms with E-state index < -0.39 is 0 Å². The van der Waals surface area contributed by atoms with Crippen molar-refractivity contribution in [2.45, 2.75) is 24.8 Å². The maximum Gasteiger partial charge on any atom is 0.105 e. The van der Waals surface area contributed by atoms with E-state index in [9.17, 15) is 0 Å². The van der Waals surface area contributed by atoms with Crippen LogP contribution >= 0.6 is 0 Å². The van der Waals surface area contributed by atoms with Crippen LogP contribution in [0.15, 0.2) is 92.0 Å². The van der Waals surface area contributed by atoms with E-state index in [0.717, 1.165) is 19.3 Å². The molecule has 0 amide bonds. The Morgan fingerprint density at radius 2 is 1.21 bits per heavy atom. The second-order valence-corrected chi connectivity index (χ2v) is 6.04. The van der Waals surface area contributed by atoms with Gasteiger partial charge in [0.2, 0.25) is 0 Å². The van der Waals surface area contributed by atoms with Gasteiger partial charge in [-0.15, -0.1) is 13.2 Å². The zero-order chi connectivity index (χ0) is 16.5. The highest BCUT2D eigenvalue weighted by Gasteiger charge is 2.25. The van der Waals surface area contributed by atoms with Gasteiger partial charge >= 0.3 is 0 Å². The summed E-state index contributed by atoms with van der Waals surface area (Å²) in [6, 6.07) is 21.0. The van der Waals surface area contributed by atoms with Crippen LogP contribution in [0.5, 0.6) is 0 Å². The van der Waals surface area contributed by atoms with Crippen molar-refractivity contribution in [1.82, 2.24) is 0 Å². The summed E-state index contributed by atoms with van der Waals surface area (Å²) in [5.41, 5.74) is 8.08. The first-order valence-electron chi connectivity index (χ1n) is 8.07. The molecule has 0 aliphatic heterocycles. The molecule has 0 spiro atoms. The average Bonchev–Trinajstić information content (AvgIpc) is 2.57. The van der Waals surface area contributed by atoms with E-state index in [1.807, 2.05) is 24.3 Å². The summed E-state index contributed by atoms with van der Waals surface area (Å²) < 4.78 is 0. The predicted molar refractivity (Wildman–Crippen MR) is 99.8 cm³/mol. The second-order valence-electron chi connectivity index (χ2n) is 6.04. The Morgan fingerprint density at radius 3 is 1.58 bits per heavy atom. The van der Waals surface area contributed by atoms with E-state index in [0.29, 0.717) is 0 Å². The molecule has 0 aliphatic rings. The van der Waals surface area contributed by atoms with Crippen LogP contribution in [0.4, 0.5) is 0 Å². The van der Waals surface area contributed by atoms with Crippen molar-refractivity contribution in [2.24, 2.45) is 0 Å². The fourth-order valence-electron chi connectivity index (χ4n) is 2.82. The molecule has 0 bridgehead atoms. The number of halogens is 1. The van der Waals surface area contributed by atoms with Crippen molar-refractivity contribution >= 4 is 5.57 Å². The molecule has 2 heteroatoms. The van der Waals surface area contributed by atoms with Gasteiger partial charge in [0.1, 0.15) is 5.54 Å². The van der Waals surface area contributed by atoms with Crippen molar-refractivity contribution in [3.8, 4) is 0 Å². The van der Waals surface area contributed by atoms with Gasteiger partial charge in [-0.1, -0.05) is 78.9 Å². The molecule has 0 aliphatic carbocycles. The highest BCUT2D eigenvalue weighted by Crippen LogP contribution is 2.26. The normalized spacial score (nSPS) is 10.4. The Balaban J connectivity index is 0.00000288. The third-order valence-corrected chi connectivity index (χ3v) is 4.06. The van der Waals surface area contributed by atoms with Crippen LogP contribution in [0.2, 0.25) is 0 Å². The zero-order valence-corrected chi connectivity index (χ0v) is 16.3. The Hall–Kier alpha value is -1.65. The molecule has 0 atom stereocenters. The monoisotopic (exact) mass is 431 g/mol. The molecular weight excluding hydrogens is 405 g/mol. The van der Waals surface area contributed by atoms with Crippen molar-refractivity contribution in [1.29, 1.82) is 0 Å². The fourth-order valence-corrected chi connectivity index (χ4v) is 2.82. The van der Waals surface area contributed by atoms with Crippen LogP contribution in [0.1, 0.15) is 30.4 Å². The standard InChI is InChI=1S/C22H25N.HI/c1-3-16-22(23,17-4-2)18-15-21(19-11-7-5-8-12-19)20-13-9-6-10-14-20;/h3-15H,1-2,16-18,23H2;1H. The first-order valence-corrected chi connectivity index (χ1v) is 8.07. The number of hydrogen-bond acceptors (Lipinski definition) is 0. The van der Waals surface area contributed by atoms with E-state index in [4.69, 9.17) is 0 Å². The Morgan fingerprint density at radius 1 is 0.792 bits per heavy atom. The summed E-state index contributed by atoms with van der Waals surface area (Å²) in [5.74, 6) is 0. The molecule has 0 heterocycles. The van der Waals surface area contributed by atoms with Gasteiger partial charge in [-0.25, -0.2) is 0 Å². The van der Waals surface area contributed by atoms with Gasteiger partial charge in [-0.2, -0.15) is 0 Å². The second kappa shape index (κ2) is 10.3. The molecule has 1 nitrogen and oxygen atoms in total. The maximum atomic E-state index is 4.42. The minimum Gasteiger partial charge on any atom is -1.00 e. The molecule has 2 aromatic rings. The molecule has 0 unspecified atom stereocenters. The fraction of sp³-hybridized carbons (Fsp3) is 0.182. The van der Waals surface area contributed by atoms with Gasteiger partial charge in [0, 0.05) is 19.3 Å². The molecule has 126 valence electrons. The van der Waals surface area contributed by atoms with E-state index in [2.05, 4.69) is 73.5 Å². The molecule has 2 rings (SSSR count). The summed E-state index contributed by atoms with van der Waals surface area (Å²) in [7, 11) is 0. The highest BCUT2D eigenvalue weighted by atomic mass is 127. The Bertz CT molecular complexity index is 607. The SMILES string of the molecule is C=CCC([NH3+])(CC=C)CC=C(c1ccccc1)c1ccccc1.[I-]. The zero-order valence-electron chi connectivity index (χ0n) is 14.1. The molecule has 3 N–H and O–H groups in total. The number of benzene rings is 2. The number of quaternary nitrogens is 1. The largest absolute Gasteiger partial charge is 1.00 e. The van der Waals surface area contributed by atoms with Crippen LogP contribution in [0.25, 0.3) is 5.57 Å². The molecule has 2 aromatic carbocycles. The Kier molecular flexibility index (Phi) is 8.72. The minimum absolute atomic E-state index is 0. The van der Waals surface area contributed by atoms with Crippen molar-refractivity contribution in [2.75, 3.05) is 0 Å². The van der Waals surface area contributed by atoms with E-state index in [-0.39, 0.29) is 29.5 Å². The third-order valence-electron chi connectivity index (χ3n) is 4.06. The lowest BCUT2D eigenvalue weighted by atomic mass is 9.86. The molecule has 0 fully saturated rings. The molecular formula is C22H26IN. The summed E-state index contributed by atoms with van der Waals surface area (Å²) >= 11 is 0.